The van der Waals surface area contributed by atoms with E-state index in [0.717, 1.165) is 33.5 Å². The molecule has 0 aliphatic carbocycles. The predicted octanol–water partition coefficient (Wildman–Crippen LogP) is 2.62. The largest absolute Gasteiger partial charge is 0.870 e. The second-order valence-electron chi connectivity index (χ2n) is 6.47. The molecule has 7 nitrogen and oxygen atoms in total. The highest BCUT2D eigenvalue weighted by atomic mass is 19.4. The average molecular weight is 446 g/mol. The summed E-state index contributed by atoms with van der Waals surface area (Å²) in [7, 11) is 0. The molecule has 0 unspecified atom stereocenters. The third-order valence-electron chi connectivity index (χ3n) is 4.47. The van der Waals surface area contributed by atoms with Crippen molar-refractivity contribution in [3.05, 3.63) is 74.8 Å². The van der Waals surface area contributed by atoms with Crippen LogP contribution in [0.4, 0.5) is 26.3 Å². The molecule has 0 aliphatic rings. The molecule has 31 heavy (non-hydrogen) atoms. The van der Waals surface area contributed by atoms with Gasteiger partial charge in [0.2, 0.25) is 0 Å². The highest BCUT2D eigenvalue weighted by molar-refractivity contribution is 5.75. The first kappa shape index (κ1) is 22.1. The maximum absolute atomic E-state index is 13.1. The lowest BCUT2D eigenvalue weighted by Crippen LogP contribution is -2.39. The zero-order chi connectivity index (χ0) is 21.8. The summed E-state index contributed by atoms with van der Waals surface area (Å²) in [5.74, 6) is 0. The second-order valence-corrected chi connectivity index (χ2v) is 6.47. The van der Waals surface area contributed by atoms with Crippen molar-refractivity contribution in [3.8, 4) is 5.69 Å². The number of alkyl halides is 6. The molecule has 4 rings (SSSR count). The summed E-state index contributed by atoms with van der Waals surface area (Å²) in [5, 5.41) is 2.48. The van der Waals surface area contributed by atoms with Gasteiger partial charge < -0.3 is 5.48 Å². The molecule has 2 aromatic carbocycles. The zero-order valence-corrected chi connectivity index (χ0v) is 15.2. The number of fused-ring (bicyclic) bond motifs is 3. The maximum Gasteiger partial charge on any atom is 0.419 e. The van der Waals surface area contributed by atoms with E-state index in [1.807, 2.05) is 0 Å². The van der Waals surface area contributed by atoms with Crippen molar-refractivity contribution >= 4 is 16.6 Å². The van der Waals surface area contributed by atoms with Gasteiger partial charge in [-0.25, -0.2) is 9.36 Å². The number of H-pyrrole nitrogens is 1. The molecule has 0 fully saturated rings. The number of hydrogen-bond acceptors (Lipinski definition) is 3. The van der Waals surface area contributed by atoms with Crippen LogP contribution in [0.3, 0.4) is 0 Å². The van der Waals surface area contributed by atoms with Gasteiger partial charge in [-0.2, -0.15) is 26.3 Å². The third kappa shape index (κ3) is 3.79. The van der Waals surface area contributed by atoms with E-state index in [0.29, 0.717) is 4.57 Å². The third-order valence-corrected chi connectivity index (χ3v) is 4.47. The fraction of sp³-hybridized carbons (Fsp3) is 0.167. The molecular formula is C18H12F6N4O3. The van der Waals surface area contributed by atoms with Gasteiger partial charge in [-0.15, -0.1) is 14.4 Å². The molecular weight excluding hydrogens is 434 g/mol. The van der Waals surface area contributed by atoms with E-state index in [1.165, 1.54) is 24.3 Å². The summed E-state index contributed by atoms with van der Waals surface area (Å²) < 4.78 is 79.6. The molecule has 0 saturated heterocycles. The van der Waals surface area contributed by atoms with Crippen LogP contribution in [0.1, 0.15) is 5.56 Å². The number of nitrogens with one attached hydrogen (secondary N) is 1. The van der Waals surface area contributed by atoms with Gasteiger partial charge in [-0.05, 0) is 36.4 Å². The van der Waals surface area contributed by atoms with E-state index < -0.39 is 41.2 Å². The van der Waals surface area contributed by atoms with Crippen molar-refractivity contribution in [1.29, 1.82) is 0 Å². The topological polar surface area (TPSA) is 93.9 Å². The fourth-order valence-corrected chi connectivity index (χ4v) is 3.18. The van der Waals surface area contributed by atoms with Gasteiger partial charge in [-0.3, -0.25) is 4.79 Å². The lowest BCUT2D eigenvalue weighted by atomic mass is 10.2. The van der Waals surface area contributed by atoms with Crippen LogP contribution < -0.4 is 15.6 Å². The molecule has 0 spiro atoms. The van der Waals surface area contributed by atoms with Crippen LogP contribution in [0.5, 0.6) is 0 Å². The Kier molecular flexibility index (Phi) is 5.18. The number of rotatable bonds is 2. The number of hydrogen-bond donors (Lipinski definition) is 1. The first-order chi connectivity index (χ1) is 14.0. The summed E-state index contributed by atoms with van der Waals surface area (Å²) in [5.41, 5.74) is -3.51. The van der Waals surface area contributed by atoms with Crippen molar-refractivity contribution in [3.63, 3.8) is 0 Å². The van der Waals surface area contributed by atoms with E-state index in [1.54, 1.807) is 0 Å². The highest BCUT2D eigenvalue weighted by Gasteiger charge is 2.35. The minimum Gasteiger partial charge on any atom is -0.870 e. The molecule has 0 aliphatic heterocycles. The Hall–Kier alpha value is -3.61. The molecule has 0 saturated carbocycles. The molecule has 4 aromatic rings. The lowest BCUT2D eigenvalue weighted by Gasteiger charge is -2.07. The van der Waals surface area contributed by atoms with Crippen LogP contribution >= 0.6 is 0 Å². The molecule has 0 amide bonds. The number of halogens is 6. The molecule has 0 bridgehead atoms. The summed E-state index contributed by atoms with van der Waals surface area (Å²) in [4.78, 5) is 25.5. The summed E-state index contributed by atoms with van der Waals surface area (Å²) >= 11 is 0. The van der Waals surface area contributed by atoms with Crippen LogP contribution in [0.25, 0.3) is 22.2 Å². The number of benzene rings is 2. The van der Waals surface area contributed by atoms with Gasteiger partial charge in [-0.1, -0.05) is 12.1 Å². The first-order valence-corrected chi connectivity index (χ1v) is 8.40. The monoisotopic (exact) mass is 446 g/mol. The van der Waals surface area contributed by atoms with Crippen LogP contribution in [0.15, 0.2) is 58.1 Å². The minimum atomic E-state index is -4.79. The fourth-order valence-electron chi connectivity index (χ4n) is 3.18. The van der Waals surface area contributed by atoms with Crippen molar-refractivity contribution in [2.75, 3.05) is 0 Å². The van der Waals surface area contributed by atoms with Crippen LogP contribution in [-0.2, 0) is 12.7 Å². The number of para-hydroxylation sites is 1. The molecule has 0 radical (unpaired) electrons. The van der Waals surface area contributed by atoms with E-state index in [4.69, 9.17) is 0 Å². The lowest BCUT2D eigenvalue weighted by molar-refractivity contribution is -0.559. The van der Waals surface area contributed by atoms with Gasteiger partial charge in [0, 0.05) is 0 Å². The standard InChI is InChI=1S/C18H10F6N4O2.H2O/c19-17(20,21)9-26-14-16(30)27(11-7-5-10(6-8-11)18(22,23)24)25-28(14)13-4-2-1-3-12(13)15(26)29;/h1-8H,9H2;1H2. The van der Waals surface area contributed by atoms with Gasteiger partial charge >= 0.3 is 29.1 Å². The van der Waals surface area contributed by atoms with Crippen molar-refractivity contribution < 1.29 is 36.3 Å². The normalized spacial score (nSPS) is 12.3. The molecule has 2 N–H and O–H groups in total. The van der Waals surface area contributed by atoms with E-state index in [2.05, 4.69) is 5.21 Å². The van der Waals surface area contributed by atoms with Crippen LogP contribution in [-0.4, -0.2) is 26.1 Å². The van der Waals surface area contributed by atoms with Crippen LogP contribution in [0, 0.1) is 0 Å². The minimum absolute atomic E-state index is 0. The predicted molar refractivity (Wildman–Crippen MR) is 94.3 cm³/mol. The Morgan fingerprint density at radius 2 is 1.48 bits per heavy atom. The average Bonchev–Trinajstić information content (AvgIpc) is 3.01. The van der Waals surface area contributed by atoms with Gasteiger partial charge in [0.15, 0.2) is 6.54 Å². The van der Waals surface area contributed by atoms with Crippen LogP contribution in [0.2, 0.25) is 0 Å². The molecule has 0 atom stereocenters. The SMILES string of the molecule is O=c1c2n(CC(F)(F)F)c(=O)c3ccccc3[n+]2[nH]n1-c1ccc(C(F)(F)F)cc1.[OH-]. The Labute approximate surface area is 167 Å². The number of nitrogens with zero attached hydrogens (tertiary/aromatic N) is 3. The Morgan fingerprint density at radius 1 is 0.871 bits per heavy atom. The smallest absolute Gasteiger partial charge is 0.419 e. The number of aromatic amines is 1. The van der Waals surface area contributed by atoms with E-state index in [9.17, 15) is 35.9 Å². The van der Waals surface area contributed by atoms with Gasteiger partial charge in [0.25, 0.3) is 0 Å². The summed E-state index contributed by atoms with van der Waals surface area (Å²) in [6.45, 7) is -1.71. The second kappa shape index (κ2) is 7.27. The van der Waals surface area contributed by atoms with Crippen molar-refractivity contribution in [1.82, 2.24) is 14.5 Å². The molecule has 13 heteroatoms. The van der Waals surface area contributed by atoms with Gasteiger partial charge in [0.1, 0.15) is 11.2 Å². The molecule has 2 heterocycles. The number of aromatic nitrogens is 4. The summed E-state index contributed by atoms with van der Waals surface area (Å²) in [6, 6.07) is 9.18. The Balaban J connectivity index is 0.00000272. The first-order valence-electron chi connectivity index (χ1n) is 8.40. The van der Waals surface area contributed by atoms with E-state index in [-0.39, 0.29) is 22.1 Å². The maximum atomic E-state index is 13.1. The van der Waals surface area contributed by atoms with Crippen molar-refractivity contribution in [2.24, 2.45) is 0 Å². The molecule has 164 valence electrons. The van der Waals surface area contributed by atoms with Crippen molar-refractivity contribution in [2.45, 2.75) is 18.9 Å². The molecule has 2 aromatic heterocycles. The van der Waals surface area contributed by atoms with Gasteiger partial charge in [0.05, 0.1) is 10.9 Å². The zero-order valence-electron chi connectivity index (χ0n) is 15.2. The van der Waals surface area contributed by atoms with E-state index >= 15 is 0 Å². The quantitative estimate of drug-likeness (QED) is 0.379. The Morgan fingerprint density at radius 3 is 2.06 bits per heavy atom. The summed E-state index contributed by atoms with van der Waals surface area (Å²) in [6.07, 6.45) is -9.38. The Bertz CT molecular complexity index is 1380. The highest BCUT2D eigenvalue weighted by Crippen LogP contribution is 2.29.